The summed E-state index contributed by atoms with van der Waals surface area (Å²) in [6.45, 7) is 1.71. The van der Waals surface area contributed by atoms with Crippen LogP contribution in [0.25, 0.3) is 0 Å². The lowest BCUT2D eigenvalue weighted by Crippen LogP contribution is -2.06. The number of hydrogen-bond acceptors (Lipinski definition) is 5. The molecule has 7 heteroatoms. The monoisotopic (exact) mass is 233 g/mol. The van der Waals surface area contributed by atoms with E-state index in [9.17, 15) is 4.79 Å². The Hall–Kier alpha value is -2.44. The van der Waals surface area contributed by atoms with Gasteiger partial charge in [-0.1, -0.05) is 0 Å². The second-order valence-electron chi connectivity index (χ2n) is 3.55. The van der Waals surface area contributed by atoms with Gasteiger partial charge in [0.25, 0.3) is 0 Å². The molecule has 88 valence electrons. The minimum Gasteiger partial charge on any atom is -0.477 e. The van der Waals surface area contributed by atoms with Gasteiger partial charge in [-0.2, -0.15) is 5.10 Å². The summed E-state index contributed by atoms with van der Waals surface area (Å²) in [4.78, 5) is 18.8. The number of aromatic nitrogens is 4. The summed E-state index contributed by atoms with van der Waals surface area (Å²) in [6, 6.07) is 1.41. The van der Waals surface area contributed by atoms with Crippen LogP contribution in [0, 0.1) is 6.92 Å². The van der Waals surface area contributed by atoms with Crippen molar-refractivity contribution >= 4 is 17.6 Å². The van der Waals surface area contributed by atoms with Gasteiger partial charge in [-0.3, -0.25) is 4.68 Å². The van der Waals surface area contributed by atoms with Gasteiger partial charge in [0.05, 0.1) is 11.9 Å². The minimum atomic E-state index is -1.08. The molecule has 0 unspecified atom stereocenters. The third-order valence-electron chi connectivity index (χ3n) is 2.03. The van der Waals surface area contributed by atoms with Crippen molar-refractivity contribution in [2.45, 2.75) is 6.92 Å². The molecule has 0 saturated heterocycles. The van der Waals surface area contributed by atoms with Crippen LogP contribution in [0.2, 0.25) is 0 Å². The molecule has 2 heterocycles. The Labute approximate surface area is 97.1 Å². The summed E-state index contributed by atoms with van der Waals surface area (Å²) in [6.07, 6.45) is 3.35. The molecule has 0 saturated carbocycles. The van der Waals surface area contributed by atoms with Crippen molar-refractivity contribution in [2.75, 3.05) is 5.32 Å². The van der Waals surface area contributed by atoms with Gasteiger partial charge >= 0.3 is 5.97 Å². The topological polar surface area (TPSA) is 92.9 Å². The molecule has 2 aromatic heterocycles. The largest absolute Gasteiger partial charge is 0.477 e. The van der Waals surface area contributed by atoms with E-state index in [1.807, 2.05) is 0 Å². The van der Waals surface area contributed by atoms with Crippen LogP contribution in [-0.4, -0.2) is 30.8 Å². The number of nitrogens with one attached hydrogen (secondary N) is 1. The van der Waals surface area contributed by atoms with Gasteiger partial charge in [0.15, 0.2) is 5.69 Å². The van der Waals surface area contributed by atoms with Crippen LogP contribution in [0.5, 0.6) is 0 Å². The molecule has 0 amide bonds. The first-order valence-corrected chi connectivity index (χ1v) is 4.89. The van der Waals surface area contributed by atoms with Crippen LogP contribution >= 0.6 is 0 Å². The van der Waals surface area contributed by atoms with Crippen molar-refractivity contribution in [1.29, 1.82) is 0 Å². The summed E-state index contributed by atoms with van der Waals surface area (Å²) in [5, 5.41) is 15.7. The summed E-state index contributed by atoms with van der Waals surface area (Å²) >= 11 is 0. The van der Waals surface area contributed by atoms with Gasteiger partial charge in [0, 0.05) is 18.9 Å². The fourth-order valence-corrected chi connectivity index (χ4v) is 1.35. The fourth-order valence-electron chi connectivity index (χ4n) is 1.35. The van der Waals surface area contributed by atoms with E-state index in [1.54, 1.807) is 31.0 Å². The third kappa shape index (κ3) is 2.57. The van der Waals surface area contributed by atoms with E-state index in [0.717, 1.165) is 0 Å². The number of aromatic carboxylic acids is 1. The molecule has 0 fully saturated rings. The molecule has 7 nitrogen and oxygen atoms in total. The standard InChI is InChI=1S/C10H11N5O2/c1-6-3-8(9(16)17)14-10(12-6)13-7-4-11-15(2)5-7/h3-5H,1-2H3,(H,16,17)(H,12,13,14). The van der Waals surface area contributed by atoms with Gasteiger partial charge in [0.1, 0.15) is 0 Å². The van der Waals surface area contributed by atoms with Gasteiger partial charge in [-0.25, -0.2) is 14.8 Å². The lowest BCUT2D eigenvalue weighted by molar-refractivity contribution is 0.0690. The Bertz CT molecular complexity index is 564. The number of carbonyl (C=O) groups is 1. The predicted molar refractivity (Wildman–Crippen MR) is 60.2 cm³/mol. The maximum absolute atomic E-state index is 10.8. The first kappa shape index (κ1) is 11.1. The number of carboxylic acids is 1. The van der Waals surface area contributed by atoms with Crippen LogP contribution in [0.1, 0.15) is 16.2 Å². The molecule has 17 heavy (non-hydrogen) atoms. The summed E-state index contributed by atoms with van der Waals surface area (Å²) in [7, 11) is 1.78. The number of carboxylic acid groups (broad SMARTS) is 1. The Balaban J connectivity index is 2.29. The Kier molecular flexibility index (Phi) is 2.73. The lowest BCUT2D eigenvalue weighted by Gasteiger charge is -2.03. The maximum Gasteiger partial charge on any atom is 0.354 e. The molecule has 0 aliphatic rings. The van der Waals surface area contributed by atoms with Gasteiger partial charge in [-0.05, 0) is 13.0 Å². The zero-order valence-corrected chi connectivity index (χ0v) is 9.38. The highest BCUT2D eigenvalue weighted by Gasteiger charge is 2.09. The predicted octanol–water partition coefficient (Wildman–Crippen LogP) is 0.960. The van der Waals surface area contributed by atoms with Crippen LogP contribution in [-0.2, 0) is 7.05 Å². The summed E-state index contributed by atoms with van der Waals surface area (Å²) in [5.41, 5.74) is 1.25. The molecular weight excluding hydrogens is 222 g/mol. The second kappa shape index (κ2) is 4.20. The van der Waals surface area contributed by atoms with Crippen molar-refractivity contribution < 1.29 is 9.90 Å². The highest BCUT2D eigenvalue weighted by Crippen LogP contribution is 2.12. The number of anilines is 2. The summed E-state index contributed by atoms with van der Waals surface area (Å²) < 4.78 is 1.62. The maximum atomic E-state index is 10.8. The SMILES string of the molecule is Cc1cc(C(=O)O)nc(Nc2cnn(C)c2)n1. The van der Waals surface area contributed by atoms with E-state index >= 15 is 0 Å². The van der Waals surface area contributed by atoms with E-state index in [0.29, 0.717) is 11.4 Å². The number of aryl methyl sites for hydroxylation is 2. The van der Waals surface area contributed by atoms with Gasteiger partial charge in [0.2, 0.25) is 5.95 Å². The number of nitrogens with zero attached hydrogens (tertiary/aromatic N) is 4. The molecule has 0 aliphatic heterocycles. The second-order valence-corrected chi connectivity index (χ2v) is 3.55. The molecular formula is C10H11N5O2. The van der Waals surface area contributed by atoms with E-state index in [-0.39, 0.29) is 11.6 Å². The van der Waals surface area contributed by atoms with Crippen LogP contribution in [0.3, 0.4) is 0 Å². The Morgan fingerprint density at radius 2 is 2.24 bits per heavy atom. The van der Waals surface area contributed by atoms with E-state index in [1.165, 1.54) is 6.07 Å². The van der Waals surface area contributed by atoms with Crippen molar-refractivity contribution in [3.8, 4) is 0 Å². The van der Waals surface area contributed by atoms with Crippen LogP contribution in [0.15, 0.2) is 18.5 Å². The molecule has 0 aliphatic carbocycles. The number of rotatable bonds is 3. The Morgan fingerprint density at radius 3 is 2.82 bits per heavy atom. The zero-order chi connectivity index (χ0) is 12.4. The highest BCUT2D eigenvalue weighted by molar-refractivity contribution is 5.85. The van der Waals surface area contributed by atoms with Crippen molar-refractivity contribution in [3.63, 3.8) is 0 Å². The highest BCUT2D eigenvalue weighted by atomic mass is 16.4. The van der Waals surface area contributed by atoms with Crippen molar-refractivity contribution in [3.05, 3.63) is 29.8 Å². The molecule has 0 bridgehead atoms. The molecule has 2 rings (SSSR count). The third-order valence-corrected chi connectivity index (χ3v) is 2.03. The molecule has 0 aromatic carbocycles. The average Bonchev–Trinajstić information content (AvgIpc) is 2.63. The fraction of sp³-hybridized carbons (Fsp3) is 0.200. The smallest absolute Gasteiger partial charge is 0.354 e. The van der Waals surface area contributed by atoms with Crippen molar-refractivity contribution in [2.24, 2.45) is 7.05 Å². The molecule has 0 atom stereocenters. The zero-order valence-electron chi connectivity index (χ0n) is 9.38. The van der Waals surface area contributed by atoms with Gasteiger partial charge in [-0.15, -0.1) is 0 Å². The van der Waals surface area contributed by atoms with E-state index in [4.69, 9.17) is 5.11 Å². The summed E-state index contributed by atoms with van der Waals surface area (Å²) in [5.74, 6) is -0.833. The minimum absolute atomic E-state index is 0.0381. The average molecular weight is 233 g/mol. The van der Waals surface area contributed by atoms with Crippen LogP contribution < -0.4 is 5.32 Å². The molecule has 2 aromatic rings. The molecule has 0 radical (unpaired) electrons. The first-order valence-electron chi connectivity index (χ1n) is 4.89. The van der Waals surface area contributed by atoms with Crippen molar-refractivity contribution in [1.82, 2.24) is 19.7 Å². The number of hydrogen-bond donors (Lipinski definition) is 2. The Morgan fingerprint density at radius 1 is 1.47 bits per heavy atom. The van der Waals surface area contributed by atoms with E-state index < -0.39 is 5.97 Å². The lowest BCUT2D eigenvalue weighted by atomic mass is 10.3. The molecule has 2 N–H and O–H groups in total. The first-order chi connectivity index (χ1) is 8.04. The normalized spacial score (nSPS) is 10.2. The quantitative estimate of drug-likeness (QED) is 0.820. The van der Waals surface area contributed by atoms with E-state index in [2.05, 4.69) is 20.4 Å². The van der Waals surface area contributed by atoms with Gasteiger partial charge < -0.3 is 10.4 Å². The molecule has 0 spiro atoms. The van der Waals surface area contributed by atoms with Crippen LogP contribution in [0.4, 0.5) is 11.6 Å².